The summed E-state index contributed by atoms with van der Waals surface area (Å²) in [4.78, 5) is 24.5. The van der Waals surface area contributed by atoms with E-state index < -0.39 is 5.82 Å². The third kappa shape index (κ3) is 3.62. The molecule has 0 spiro atoms. The number of halogens is 1. The standard InChI is InChI=1S/C19H19FN2O2/c1-11-6-7-12(2)17(8-11)22-19(24)16-10-15(16)18(23)21-14-5-3-4-13(20)9-14/h3-9,15-16H,10H2,1-2H3,(H,21,23)(H,22,24). The summed E-state index contributed by atoms with van der Waals surface area (Å²) in [5.74, 6) is -1.51. The summed E-state index contributed by atoms with van der Waals surface area (Å²) in [5, 5.41) is 5.55. The predicted molar refractivity (Wildman–Crippen MR) is 91.2 cm³/mol. The summed E-state index contributed by atoms with van der Waals surface area (Å²) in [6, 6.07) is 11.6. The van der Waals surface area contributed by atoms with Gasteiger partial charge >= 0.3 is 0 Å². The number of benzene rings is 2. The Balaban J connectivity index is 1.59. The number of hydrogen-bond acceptors (Lipinski definition) is 2. The summed E-state index contributed by atoms with van der Waals surface area (Å²) < 4.78 is 13.1. The summed E-state index contributed by atoms with van der Waals surface area (Å²) in [7, 11) is 0. The van der Waals surface area contributed by atoms with Crippen molar-refractivity contribution < 1.29 is 14.0 Å². The minimum atomic E-state index is -0.409. The molecule has 1 fully saturated rings. The molecule has 0 aliphatic heterocycles. The first kappa shape index (κ1) is 16.2. The first-order chi connectivity index (χ1) is 11.4. The van der Waals surface area contributed by atoms with Crippen molar-refractivity contribution in [3.05, 3.63) is 59.4 Å². The lowest BCUT2D eigenvalue weighted by Crippen LogP contribution is -2.21. The van der Waals surface area contributed by atoms with Crippen molar-refractivity contribution >= 4 is 23.2 Å². The van der Waals surface area contributed by atoms with Crippen LogP contribution in [0.25, 0.3) is 0 Å². The van der Waals surface area contributed by atoms with Crippen LogP contribution < -0.4 is 10.6 Å². The molecule has 4 nitrogen and oxygen atoms in total. The van der Waals surface area contributed by atoms with Crippen molar-refractivity contribution in [2.24, 2.45) is 11.8 Å². The number of nitrogens with one attached hydrogen (secondary N) is 2. The van der Waals surface area contributed by atoms with Crippen LogP contribution in [0.2, 0.25) is 0 Å². The molecule has 3 rings (SSSR count). The fourth-order valence-electron chi connectivity index (χ4n) is 2.67. The van der Waals surface area contributed by atoms with Gasteiger partial charge in [0, 0.05) is 11.4 Å². The van der Waals surface area contributed by atoms with Gasteiger partial charge in [0.2, 0.25) is 11.8 Å². The second kappa shape index (κ2) is 6.43. The van der Waals surface area contributed by atoms with Crippen LogP contribution in [0.4, 0.5) is 15.8 Å². The van der Waals surface area contributed by atoms with Gasteiger partial charge in [0.15, 0.2) is 0 Å². The normalized spacial score (nSPS) is 18.8. The highest BCUT2D eigenvalue weighted by Gasteiger charge is 2.48. The van der Waals surface area contributed by atoms with Crippen LogP contribution >= 0.6 is 0 Å². The van der Waals surface area contributed by atoms with Gasteiger partial charge in [-0.15, -0.1) is 0 Å². The molecule has 1 aliphatic carbocycles. The van der Waals surface area contributed by atoms with E-state index in [1.54, 1.807) is 6.07 Å². The van der Waals surface area contributed by atoms with Crippen molar-refractivity contribution in [3.8, 4) is 0 Å². The molecule has 2 amide bonds. The van der Waals surface area contributed by atoms with E-state index in [1.807, 2.05) is 32.0 Å². The van der Waals surface area contributed by atoms with E-state index in [0.29, 0.717) is 12.1 Å². The van der Waals surface area contributed by atoms with Gasteiger partial charge in [0.05, 0.1) is 11.8 Å². The maximum atomic E-state index is 13.1. The number of hydrogen-bond donors (Lipinski definition) is 2. The SMILES string of the molecule is Cc1ccc(C)c(NC(=O)C2CC2C(=O)Nc2cccc(F)c2)c1. The van der Waals surface area contributed by atoms with Gasteiger partial charge in [0.1, 0.15) is 5.82 Å². The minimum absolute atomic E-state index is 0.150. The molecule has 2 aromatic rings. The number of anilines is 2. The maximum Gasteiger partial charge on any atom is 0.228 e. The molecule has 2 N–H and O–H groups in total. The van der Waals surface area contributed by atoms with Gasteiger partial charge in [0.25, 0.3) is 0 Å². The van der Waals surface area contributed by atoms with Crippen LogP contribution in [0.3, 0.4) is 0 Å². The Kier molecular flexibility index (Phi) is 4.34. The van der Waals surface area contributed by atoms with E-state index in [4.69, 9.17) is 0 Å². The highest BCUT2D eigenvalue weighted by Crippen LogP contribution is 2.40. The molecule has 2 unspecified atom stereocenters. The minimum Gasteiger partial charge on any atom is -0.326 e. The number of carbonyl (C=O) groups excluding carboxylic acids is 2. The largest absolute Gasteiger partial charge is 0.326 e. The van der Waals surface area contributed by atoms with Crippen molar-refractivity contribution in [2.45, 2.75) is 20.3 Å². The third-order valence-corrected chi connectivity index (χ3v) is 4.21. The topological polar surface area (TPSA) is 58.2 Å². The monoisotopic (exact) mass is 326 g/mol. The Morgan fingerprint density at radius 1 is 1.00 bits per heavy atom. The highest BCUT2D eigenvalue weighted by atomic mass is 19.1. The Bertz CT molecular complexity index is 804. The fourth-order valence-corrected chi connectivity index (χ4v) is 2.67. The Hall–Kier alpha value is -2.69. The van der Waals surface area contributed by atoms with Crippen LogP contribution in [0, 0.1) is 31.5 Å². The Morgan fingerprint density at radius 3 is 2.42 bits per heavy atom. The van der Waals surface area contributed by atoms with E-state index in [1.165, 1.54) is 18.2 Å². The van der Waals surface area contributed by atoms with Crippen molar-refractivity contribution in [2.75, 3.05) is 10.6 Å². The smallest absolute Gasteiger partial charge is 0.228 e. The first-order valence-corrected chi connectivity index (χ1v) is 7.88. The molecular weight excluding hydrogens is 307 g/mol. The Morgan fingerprint density at radius 2 is 1.71 bits per heavy atom. The predicted octanol–water partition coefficient (Wildman–Crippen LogP) is 3.66. The molecule has 0 radical (unpaired) electrons. The fraction of sp³-hybridized carbons (Fsp3) is 0.263. The second-order valence-corrected chi connectivity index (χ2v) is 6.26. The Labute approximate surface area is 140 Å². The zero-order valence-corrected chi connectivity index (χ0v) is 13.6. The molecule has 0 saturated heterocycles. The van der Waals surface area contributed by atoms with Gasteiger partial charge in [-0.3, -0.25) is 9.59 Å². The summed E-state index contributed by atoms with van der Waals surface area (Å²) in [5.41, 5.74) is 3.22. The highest BCUT2D eigenvalue weighted by molar-refractivity contribution is 6.03. The summed E-state index contributed by atoms with van der Waals surface area (Å²) >= 11 is 0. The van der Waals surface area contributed by atoms with E-state index in [0.717, 1.165) is 16.8 Å². The molecule has 2 aromatic carbocycles. The molecule has 5 heteroatoms. The average molecular weight is 326 g/mol. The average Bonchev–Trinajstić information content (AvgIpc) is 3.32. The van der Waals surface area contributed by atoms with Crippen LogP contribution in [-0.4, -0.2) is 11.8 Å². The molecule has 1 aliphatic rings. The van der Waals surface area contributed by atoms with E-state index in [9.17, 15) is 14.0 Å². The maximum absolute atomic E-state index is 13.1. The number of amides is 2. The molecule has 1 saturated carbocycles. The van der Waals surface area contributed by atoms with Crippen molar-refractivity contribution in [1.29, 1.82) is 0 Å². The van der Waals surface area contributed by atoms with Gasteiger partial charge in [-0.2, -0.15) is 0 Å². The zero-order valence-electron chi connectivity index (χ0n) is 13.6. The summed E-state index contributed by atoms with van der Waals surface area (Å²) in [6.07, 6.45) is 0.512. The molecule has 0 heterocycles. The first-order valence-electron chi connectivity index (χ1n) is 7.88. The van der Waals surface area contributed by atoms with E-state index in [2.05, 4.69) is 10.6 Å². The van der Waals surface area contributed by atoms with E-state index >= 15 is 0 Å². The van der Waals surface area contributed by atoms with Crippen LogP contribution in [0.5, 0.6) is 0 Å². The lowest BCUT2D eigenvalue weighted by atomic mass is 10.1. The van der Waals surface area contributed by atoms with Gasteiger partial charge in [-0.05, 0) is 55.7 Å². The zero-order chi connectivity index (χ0) is 17.3. The molecule has 0 bridgehead atoms. The number of carbonyl (C=O) groups is 2. The molecule has 124 valence electrons. The van der Waals surface area contributed by atoms with Gasteiger partial charge in [-0.25, -0.2) is 4.39 Å². The second-order valence-electron chi connectivity index (χ2n) is 6.26. The van der Waals surface area contributed by atoms with Crippen LogP contribution in [0.15, 0.2) is 42.5 Å². The van der Waals surface area contributed by atoms with Gasteiger partial charge < -0.3 is 10.6 Å². The van der Waals surface area contributed by atoms with Gasteiger partial charge in [-0.1, -0.05) is 18.2 Å². The lowest BCUT2D eigenvalue weighted by Gasteiger charge is -2.09. The quantitative estimate of drug-likeness (QED) is 0.901. The molecule has 2 atom stereocenters. The van der Waals surface area contributed by atoms with E-state index in [-0.39, 0.29) is 23.7 Å². The molecule has 0 aromatic heterocycles. The number of rotatable bonds is 4. The third-order valence-electron chi connectivity index (χ3n) is 4.21. The van der Waals surface area contributed by atoms with Crippen LogP contribution in [0.1, 0.15) is 17.5 Å². The lowest BCUT2D eigenvalue weighted by molar-refractivity contribution is -0.122. The molecule has 24 heavy (non-hydrogen) atoms. The van der Waals surface area contributed by atoms with Crippen molar-refractivity contribution in [3.63, 3.8) is 0 Å². The van der Waals surface area contributed by atoms with Crippen molar-refractivity contribution in [1.82, 2.24) is 0 Å². The van der Waals surface area contributed by atoms with Crippen LogP contribution in [-0.2, 0) is 9.59 Å². The summed E-state index contributed by atoms with van der Waals surface area (Å²) in [6.45, 7) is 3.89. The number of aryl methyl sites for hydroxylation is 2. The molecular formula is C19H19FN2O2.